The van der Waals surface area contributed by atoms with Gasteiger partial charge in [-0.05, 0) is 0 Å². The lowest BCUT2D eigenvalue weighted by Crippen LogP contribution is -2.17. The molecule has 0 saturated carbocycles. The highest BCUT2D eigenvalue weighted by molar-refractivity contribution is 6.10. The maximum atomic E-state index is 12.6. The van der Waals surface area contributed by atoms with Gasteiger partial charge in [0, 0.05) is 17.2 Å². The minimum atomic E-state index is -0.711. The maximum Gasteiger partial charge on any atom is 0.351 e. The Kier molecular flexibility index (Phi) is 4.06. The summed E-state index contributed by atoms with van der Waals surface area (Å²) in [5.74, 6) is 0.141. The molecule has 4 heteroatoms. The number of rotatable bonds is 4. The number of methoxy groups -OCH3 is 1. The first-order chi connectivity index (χ1) is 11.2. The second kappa shape index (κ2) is 6.32. The summed E-state index contributed by atoms with van der Waals surface area (Å²) >= 11 is 0. The van der Waals surface area contributed by atoms with Gasteiger partial charge in [-0.2, -0.15) is 0 Å². The fraction of sp³-hybridized carbons (Fsp3) is 0.0526. The van der Waals surface area contributed by atoms with Crippen molar-refractivity contribution >= 4 is 5.78 Å². The molecule has 3 aromatic rings. The van der Waals surface area contributed by atoms with Crippen molar-refractivity contribution in [3.8, 4) is 17.1 Å². The van der Waals surface area contributed by atoms with E-state index in [0.29, 0.717) is 11.3 Å². The van der Waals surface area contributed by atoms with Crippen LogP contribution < -0.4 is 10.4 Å². The highest BCUT2D eigenvalue weighted by Crippen LogP contribution is 2.26. The standard InChI is InChI=1S/C19H14O4/c1-22-16-12-15(13-8-4-2-5-9-13)23-19(21)17(16)18(20)14-10-6-3-7-11-14/h2-12H,1H3. The van der Waals surface area contributed by atoms with Crippen LogP contribution in [0.25, 0.3) is 11.3 Å². The highest BCUT2D eigenvalue weighted by Gasteiger charge is 2.21. The largest absolute Gasteiger partial charge is 0.496 e. The quantitative estimate of drug-likeness (QED) is 0.692. The molecular weight excluding hydrogens is 292 g/mol. The lowest BCUT2D eigenvalue weighted by atomic mass is 10.0. The van der Waals surface area contributed by atoms with Crippen LogP contribution in [0.1, 0.15) is 15.9 Å². The molecule has 0 aliphatic heterocycles. The van der Waals surface area contributed by atoms with E-state index in [-0.39, 0.29) is 11.3 Å². The number of ketones is 1. The second-order valence-electron chi connectivity index (χ2n) is 4.90. The third-order valence-electron chi connectivity index (χ3n) is 3.46. The summed E-state index contributed by atoms with van der Waals surface area (Å²) in [5.41, 5.74) is 0.336. The fourth-order valence-electron chi connectivity index (χ4n) is 2.32. The summed E-state index contributed by atoms with van der Waals surface area (Å²) < 4.78 is 10.6. The predicted molar refractivity (Wildman–Crippen MR) is 86.8 cm³/mol. The number of carbonyl (C=O) groups excluding carboxylic acids is 1. The fourth-order valence-corrected chi connectivity index (χ4v) is 2.32. The highest BCUT2D eigenvalue weighted by atomic mass is 16.5. The van der Waals surface area contributed by atoms with Gasteiger partial charge in [-0.15, -0.1) is 0 Å². The monoisotopic (exact) mass is 306 g/mol. The van der Waals surface area contributed by atoms with Gasteiger partial charge in [0.25, 0.3) is 0 Å². The molecule has 0 bridgehead atoms. The summed E-state index contributed by atoms with van der Waals surface area (Å²) in [7, 11) is 1.42. The molecule has 0 atom stereocenters. The van der Waals surface area contributed by atoms with E-state index >= 15 is 0 Å². The molecule has 3 rings (SSSR count). The molecule has 1 aromatic heterocycles. The van der Waals surface area contributed by atoms with Gasteiger partial charge in [0.1, 0.15) is 17.1 Å². The number of ether oxygens (including phenoxy) is 1. The van der Waals surface area contributed by atoms with Crippen molar-refractivity contribution in [1.29, 1.82) is 0 Å². The van der Waals surface area contributed by atoms with Gasteiger partial charge in [0.05, 0.1) is 7.11 Å². The number of benzene rings is 2. The summed E-state index contributed by atoms with van der Waals surface area (Å²) in [6.07, 6.45) is 0. The molecule has 0 fully saturated rings. The molecule has 4 nitrogen and oxygen atoms in total. The van der Waals surface area contributed by atoms with Crippen LogP contribution in [-0.4, -0.2) is 12.9 Å². The Morgan fingerprint density at radius 1 is 0.957 bits per heavy atom. The molecule has 114 valence electrons. The van der Waals surface area contributed by atoms with Crippen LogP contribution in [0.4, 0.5) is 0 Å². The lowest BCUT2D eigenvalue weighted by Gasteiger charge is -2.08. The van der Waals surface area contributed by atoms with E-state index in [1.54, 1.807) is 36.4 Å². The Balaban J connectivity index is 2.12. The summed E-state index contributed by atoms with van der Waals surface area (Å²) in [5, 5.41) is 0. The molecule has 0 radical (unpaired) electrons. The van der Waals surface area contributed by atoms with E-state index < -0.39 is 11.4 Å². The number of hydrogen-bond acceptors (Lipinski definition) is 4. The van der Waals surface area contributed by atoms with E-state index in [9.17, 15) is 9.59 Å². The molecule has 0 saturated heterocycles. The average molecular weight is 306 g/mol. The van der Waals surface area contributed by atoms with Crippen LogP contribution in [-0.2, 0) is 0 Å². The molecule has 2 aromatic carbocycles. The van der Waals surface area contributed by atoms with Crippen LogP contribution >= 0.6 is 0 Å². The minimum absolute atomic E-state index is 0.0987. The van der Waals surface area contributed by atoms with Crippen molar-refractivity contribution in [2.75, 3.05) is 7.11 Å². The smallest absolute Gasteiger partial charge is 0.351 e. The third kappa shape index (κ3) is 2.92. The SMILES string of the molecule is COc1cc(-c2ccccc2)oc(=O)c1C(=O)c1ccccc1. The van der Waals surface area contributed by atoms with Crippen molar-refractivity contribution in [2.45, 2.75) is 0 Å². The zero-order valence-corrected chi connectivity index (χ0v) is 12.5. The predicted octanol–water partition coefficient (Wildman–Crippen LogP) is 3.55. The van der Waals surface area contributed by atoms with Gasteiger partial charge in [-0.25, -0.2) is 4.79 Å². The van der Waals surface area contributed by atoms with Crippen LogP contribution in [0.15, 0.2) is 75.9 Å². The van der Waals surface area contributed by atoms with Crippen molar-refractivity contribution in [1.82, 2.24) is 0 Å². The Morgan fingerprint density at radius 2 is 1.57 bits per heavy atom. The van der Waals surface area contributed by atoms with Crippen molar-refractivity contribution in [3.05, 3.63) is 88.3 Å². The number of carbonyl (C=O) groups is 1. The van der Waals surface area contributed by atoms with Crippen LogP contribution in [0.2, 0.25) is 0 Å². The Hall–Kier alpha value is -3.14. The Bertz CT molecular complexity index is 880. The summed E-state index contributed by atoms with van der Waals surface area (Å²) in [6, 6.07) is 19.3. The molecule has 0 aliphatic rings. The van der Waals surface area contributed by atoms with Gasteiger partial charge in [-0.1, -0.05) is 60.7 Å². The molecule has 0 unspecified atom stereocenters. The average Bonchev–Trinajstić information content (AvgIpc) is 2.62. The van der Waals surface area contributed by atoms with Gasteiger partial charge in [0.2, 0.25) is 5.78 Å². The van der Waals surface area contributed by atoms with Crippen molar-refractivity contribution < 1.29 is 13.9 Å². The van der Waals surface area contributed by atoms with E-state index in [1.807, 2.05) is 30.3 Å². The molecule has 0 N–H and O–H groups in total. The first-order valence-corrected chi connectivity index (χ1v) is 7.08. The van der Waals surface area contributed by atoms with Crippen LogP contribution in [0.5, 0.6) is 5.75 Å². The van der Waals surface area contributed by atoms with Crippen LogP contribution in [0.3, 0.4) is 0 Å². The van der Waals surface area contributed by atoms with E-state index in [2.05, 4.69) is 0 Å². The van der Waals surface area contributed by atoms with Crippen molar-refractivity contribution in [3.63, 3.8) is 0 Å². The minimum Gasteiger partial charge on any atom is -0.496 e. The Labute approximate surface area is 133 Å². The molecule has 23 heavy (non-hydrogen) atoms. The molecular formula is C19H14O4. The van der Waals surface area contributed by atoms with E-state index in [4.69, 9.17) is 9.15 Å². The third-order valence-corrected chi connectivity index (χ3v) is 3.46. The topological polar surface area (TPSA) is 56.5 Å². The molecule has 1 heterocycles. The lowest BCUT2D eigenvalue weighted by molar-refractivity contribution is 0.103. The van der Waals surface area contributed by atoms with Gasteiger partial charge < -0.3 is 9.15 Å². The van der Waals surface area contributed by atoms with Gasteiger partial charge in [-0.3, -0.25) is 4.79 Å². The zero-order chi connectivity index (χ0) is 16.2. The first kappa shape index (κ1) is 14.8. The van der Waals surface area contributed by atoms with Gasteiger partial charge >= 0.3 is 5.63 Å². The number of hydrogen-bond donors (Lipinski definition) is 0. The van der Waals surface area contributed by atoms with Crippen molar-refractivity contribution in [2.24, 2.45) is 0 Å². The summed E-state index contributed by atoms with van der Waals surface area (Å²) in [4.78, 5) is 24.9. The normalized spacial score (nSPS) is 10.3. The zero-order valence-electron chi connectivity index (χ0n) is 12.5. The molecule has 0 amide bonds. The first-order valence-electron chi connectivity index (χ1n) is 7.08. The van der Waals surface area contributed by atoms with E-state index in [1.165, 1.54) is 7.11 Å². The summed E-state index contributed by atoms with van der Waals surface area (Å²) in [6.45, 7) is 0. The second-order valence-corrected chi connectivity index (χ2v) is 4.90. The van der Waals surface area contributed by atoms with E-state index in [0.717, 1.165) is 5.56 Å². The molecule has 0 aliphatic carbocycles. The van der Waals surface area contributed by atoms with Gasteiger partial charge in [0.15, 0.2) is 0 Å². The molecule has 0 spiro atoms. The Morgan fingerprint density at radius 3 is 2.17 bits per heavy atom. The maximum absolute atomic E-state index is 12.6. The van der Waals surface area contributed by atoms with Crippen LogP contribution in [0, 0.1) is 0 Å².